The van der Waals surface area contributed by atoms with Crippen LogP contribution in [0.3, 0.4) is 0 Å². The molecule has 1 N–H and O–H groups in total. The van der Waals surface area contributed by atoms with Crippen molar-refractivity contribution in [3.05, 3.63) is 29.8 Å². The lowest BCUT2D eigenvalue weighted by atomic mass is 9.87. The third-order valence-corrected chi connectivity index (χ3v) is 4.35. The highest BCUT2D eigenvalue weighted by Gasteiger charge is 2.17. The van der Waals surface area contributed by atoms with Gasteiger partial charge in [0.25, 0.3) is 0 Å². The minimum atomic E-state index is 0.0370. The van der Waals surface area contributed by atoms with E-state index in [1.165, 1.54) is 25.6 Å². The van der Waals surface area contributed by atoms with Crippen molar-refractivity contribution in [3.63, 3.8) is 0 Å². The van der Waals surface area contributed by atoms with Crippen LogP contribution in [0.5, 0.6) is 0 Å². The van der Waals surface area contributed by atoms with E-state index in [1.807, 2.05) is 19.9 Å². The number of amides is 1. The van der Waals surface area contributed by atoms with Crippen molar-refractivity contribution < 1.29 is 4.79 Å². The summed E-state index contributed by atoms with van der Waals surface area (Å²) in [6.45, 7) is 3.92. The molecule has 0 saturated heterocycles. The summed E-state index contributed by atoms with van der Waals surface area (Å²) in [6, 6.07) is 3.75. The molecule has 0 atom stereocenters. The second-order valence-corrected chi connectivity index (χ2v) is 6.36. The number of carbonyl (C=O) groups is 1. The second kappa shape index (κ2) is 6.89. The van der Waals surface area contributed by atoms with Crippen LogP contribution in [0, 0.1) is 19.8 Å². The fourth-order valence-electron chi connectivity index (χ4n) is 3.24. The van der Waals surface area contributed by atoms with E-state index in [9.17, 15) is 4.79 Å². The average molecular weight is 313 g/mol. The maximum absolute atomic E-state index is 12.2. The summed E-state index contributed by atoms with van der Waals surface area (Å²) in [6.07, 6.45) is 8.15. The Balaban J connectivity index is 1.67. The Morgan fingerprint density at radius 1 is 1.22 bits per heavy atom. The molecule has 1 fully saturated rings. The first-order chi connectivity index (χ1) is 11.1. The zero-order chi connectivity index (χ0) is 16.2. The zero-order valence-corrected chi connectivity index (χ0v) is 13.7. The number of nitrogens with zero attached hydrogens (tertiary/aromatic N) is 4. The fourth-order valence-corrected chi connectivity index (χ4v) is 3.24. The highest BCUT2D eigenvalue weighted by Crippen LogP contribution is 2.26. The van der Waals surface area contributed by atoms with Crippen LogP contribution in [-0.4, -0.2) is 25.7 Å². The van der Waals surface area contributed by atoms with Crippen LogP contribution in [0.15, 0.2) is 18.5 Å². The molecule has 0 radical (unpaired) electrons. The van der Waals surface area contributed by atoms with E-state index < -0.39 is 0 Å². The number of carbonyl (C=O) groups excluding carboxylic acids is 1. The van der Waals surface area contributed by atoms with Crippen LogP contribution in [0.4, 0.5) is 5.82 Å². The van der Waals surface area contributed by atoms with Crippen molar-refractivity contribution >= 4 is 11.7 Å². The van der Waals surface area contributed by atoms with Gasteiger partial charge in [-0.2, -0.15) is 5.10 Å². The van der Waals surface area contributed by atoms with Gasteiger partial charge in [0.05, 0.1) is 5.69 Å². The molecule has 2 heterocycles. The fraction of sp³-hybridized carbons (Fsp3) is 0.529. The van der Waals surface area contributed by atoms with Gasteiger partial charge in [0.1, 0.15) is 12.1 Å². The molecule has 1 amide bonds. The number of rotatable bonds is 4. The molecule has 0 bridgehead atoms. The molecule has 122 valence electrons. The molecule has 3 rings (SSSR count). The standard InChI is InChI=1S/C17H23N5O/c1-12-8-13(2)22(21-12)16-10-15(18-11-19-16)20-17(23)9-14-6-4-3-5-7-14/h8,10-11,14H,3-7,9H2,1-2H3,(H,18,19,20,23). The summed E-state index contributed by atoms with van der Waals surface area (Å²) in [5.74, 6) is 1.75. The molecule has 1 aliphatic carbocycles. The third kappa shape index (κ3) is 3.94. The summed E-state index contributed by atoms with van der Waals surface area (Å²) >= 11 is 0. The SMILES string of the molecule is Cc1cc(C)n(-c2cc(NC(=O)CC3CCCCC3)ncn2)n1. The van der Waals surface area contributed by atoms with Crippen LogP contribution < -0.4 is 5.32 Å². The maximum Gasteiger partial charge on any atom is 0.225 e. The number of hydrogen-bond acceptors (Lipinski definition) is 4. The molecule has 23 heavy (non-hydrogen) atoms. The van der Waals surface area contributed by atoms with Crippen molar-refractivity contribution in [2.45, 2.75) is 52.4 Å². The minimum absolute atomic E-state index is 0.0370. The van der Waals surface area contributed by atoms with Gasteiger partial charge in [0.15, 0.2) is 5.82 Å². The molecule has 0 unspecified atom stereocenters. The number of anilines is 1. The van der Waals surface area contributed by atoms with Gasteiger partial charge < -0.3 is 5.32 Å². The lowest BCUT2D eigenvalue weighted by molar-refractivity contribution is -0.117. The average Bonchev–Trinajstić information content (AvgIpc) is 2.87. The summed E-state index contributed by atoms with van der Waals surface area (Å²) < 4.78 is 1.76. The molecule has 0 spiro atoms. The lowest BCUT2D eigenvalue weighted by Crippen LogP contribution is -2.19. The Morgan fingerprint density at radius 3 is 2.70 bits per heavy atom. The van der Waals surface area contributed by atoms with Gasteiger partial charge in [-0.15, -0.1) is 0 Å². The summed E-state index contributed by atoms with van der Waals surface area (Å²) in [5.41, 5.74) is 1.93. The van der Waals surface area contributed by atoms with Gasteiger partial charge in [0.2, 0.25) is 5.91 Å². The quantitative estimate of drug-likeness (QED) is 0.941. The predicted octanol–water partition coefficient (Wildman–Crippen LogP) is 3.19. The third-order valence-electron chi connectivity index (χ3n) is 4.35. The normalized spacial score (nSPS) is 15.6. The highest BCUT2D eigenvalue weighted by atomic mass is 16.1. The Hall–Kier alpha value is -2.24. The zero-order valence-electron chi connectivity index (χ0n) is 13.7. The minimum Gasteiger partial charge on any atom is -0.311 e. The molecule has 2 aromatic rings. The monoisotopic (exact) mass is 313 g/mol. The van der Waals surface area contributed by atoms with Gasteiger partial charge in [0, 0.05) is 18.2 Å². The molecule has 2 aromatic heterocycles. The van der Waals surface area contributed by atoms with E-state index in [0.29, 0.717) is 24.0 Å². The molecule has 0 aromatic carbocycles. The van der Waals surface area contributed by atoms with Crippen LogP contribution >= 0.6 is 0 Å². The van der Waals surface area contributed by atoms with Crippen LogP contribution in [0.25, 0.3) is 5.82 Å². The van der Waals surface area contributed by atoms with Crippen molar-refractivity contribution in [3.8, 4) is 5.82 Å². The van der Waals surface area contributed by atoms with Gasteiger partial charge in [-0.3, -0.25) is 4.79 Å². The van der Waals surface area contributed by atoms with Gasteiger partial charge in [-0.05, 0) is 38.7 Å². The van der Waals surface area contributed by atoms with Crippen molar-refractivity contribution in [1.29, 1.82) is 0 Å². The van der Waals surface area contributed by atoms with Gasteiger partial charge in [-0.1, -0.05) is 19.3 Å². The molecule has 0 aliphatic heterocycles. The van der Waals surface area contributed by atoms with Crippen LogP contribution in [-0.2, 0) is 4.79 Å². The first-order valence-electron chi connectivity index (χ1n) is 8.27. The van der Waals surface area contributed by atoms with E-state index in [2.05, 4.69) is 20.4 Å². The molecular weight excluding hydrogens is 290 g/mol. The summed E-state index contributed by atoms with van der Waals surface area (Å²) in [4.78, 5) is 20.6. The molecule has 6 heteroatoms. The van der Waals surface area contributed by atoms with E-state index in [0.717, 1.165) is 24.2 Å². The van der Waals surface area contributed by atoms with Gasteiger partial charge >= 0.3 is 0 Å². The molecule has 1 saturated carbocycles. The Kier molecular flexibility index (Phi) is 4.69. The Bertz CT molecular complexity index is 688. The predicted molar refractivity (Wildman–Crippen MR) is 88.4 cm³/mol. The lowest BCUT2D eigenvalue weighted by Gasteiger charge is -2.20. The molecule has 1 aliphatic rings. The highest BCUT2D eigenvalue weighted by molar-refractivity contribution is 5.90. The second-order valence-electron chi connectivity index (χ2n) is 6.36. The first kappa shape index (κ1) is 15.6. The van der Waals surface area contributed by atoms with E-state index in [-0.39, 0.29) is 5.91 Å². The number of aromatic nitrogens is 4. The van der Waals surface area contributed by atoms with Crippen molar-refractivity contribution in [1.82, 2.24) is 19.7 Å². The topological polar surface area (TPSA) is 72.7 Å². The first-order valence-corrected chi connectivity index (χ1v) is 8.27. The van der Waals surface area contributed by atoms with Crippen molar-refractivity contribution in [2.24, 2.45) is 5.92 Å². The van der Waals surface area contributed by atoms with Crippen LogP contribution in [0.2, 0.25) is 0 Å². The molecular formula is C17H23N5O. The van der Waals surface area contributed by atoms with Crippen LogP contribution in [0.1, 0.15) is 49.9 Å². The largest absolute Gasteiger partial charge is 0.311 e. The number of nitrogens with one attached hydrogen (secondary N) is 1. The van der Waals surface area contributed by atoms with E-state index in [4.69, 9.17) is 0 Å². The van der Waals surface area contributed by atoms with E-state index in [1.54, 1.807) is 10.7 Å². The Labute approximate surface area is 136 Å². The number of aryl methyl sites for hydroxylation is 2. The smallest absolute Gasteiger partial charge is 0.225 e. The summed E-state index contributed by atoms with van der Waals surface area (Å²) in [7, 11) is 0. The number of hydrogen-bond donors (Lipinski definition) is 1. The van der Waals surface area contributed by atoms with Gasteiger partial charge in [-0.25, -0.2) is 14.6 Å². The van der Waals surface area contributed by atoms with E-state index >= 15 is 0 Å². The summed E-state index contributed by atoms with van der Waals surface area (Å²) in [5, 5.41) is 7.30. The van der Waals surface area contributed by atoms with Crippen molar-refractivity contribution in [2.75, 3.05) is 5.32 Å². The Morgan fingerprint density at radius 2 is 2.00 bits per heavy atom. The molecule has 6 nitrogen and oxygen atoms in total. The maximum atomic E-state index is 12.2.